The summed E-state index contributed by atoms with van der Waals surface area (Å²) >= 11 is 0. The van der Waals surface area contributed by atoms with Crippen molar-refractivity contribution >= 4 is 23.2 Å². The molecule has 0 atom stereocenters. The number of aromatic nitrogens is 1. The first-order chi connectivity index (χ1) is 9.79. The van der Waals surface area contributed by atoms with Gasteiger partial charge in [-0.05, 0) is 29.5 Å². The summed E-state index contributed by atoms with van der Waals surface area (Å²) in [7, 11) is 0. The van der Waals surface area contributed by atoms with Gasteiger partial charge in [0.2, 0.25) is 0 Å². The Labute approximate surface area is 124 Å². The lowest BCUT2D eigenvalue weighted by Crippen LogP contribution is -2.15. The summed E-state index contributed by atoms with van der Waals surface area (Å²) < 4.78 is 2.06. The fourth-order valence-electron chi connectivity index (χ4n) is 2.67. The van der Waals surface area contributed by atoms with Crippen LogP contribution in [-0.2, 0) is 12.0 Å². The average molecular weight is 287 g/mol. The largest absolute Gasteiger partial charge is 0.478 e. The number of fused-ring (bicyclic) bond motifs is 1. The van der Waals surface area contributed by atoms with Crippen LogP contribution in [0.5, 0.6) is 0 Å². The fourth-order valence-corrected chi connectivity index (χ4v) is 2.67. The number of carboxylic acids is 1. The normalized spacial score (nSPS) is 11.8. The number of hydrogen-bond donors (Lipinski definition) is 1. The molecule has 4 heteroatoms. The molecule has 1 N–H and O–H groups in total. The number of carbonyl (C=O) groups is 2. The van der Waals surface area contributed by atoms with E-state index in [0.29, 0.717) is 5.56 Å². The molecule has 0 aliphatic carbocycles. The number of hydrogen-bond acceptors (Lipinski definition) is 2. The van der Waals surface area contributed by atoms with Gasteiger partial charge in [0.05, 0.1) is 11.1 Å². The van der Waals surface area contributed by atoms with E-state index < -0.39 is 5.97 Å². The van der Waals surface area contributed by atoms with Gasteiger partial charge in [0.15, 0.2) is 6.29 Å². The molecular formula is C17H21NO3. The molecule has 0 aliphatic heterocycles. The van der Waals surface area contributed by atoms with Crippen LogP contribution < -0.4 is 0 Å². The molecule has 1 aromatic heterocycles. The Morgan fingerprint density at radius 2 is 2.00 bits per heavy atom. The summed E-state index contributed by atoms with van der Waals surface area (Å²) in [5.41, 5.74) is 2.50. The van der Waals surface area contributed by atoms with Crippen LogP contribution >= 0.6 is 0 Å². The number of benzene rings is 1. The summed E-state index contributed by atoms with van der Waals surface area (Å²) in [6, 6.07) is 3.33. The maximum atomic E-state index is 11.4. The van der Waals surface area contributed by atoms with E-state index in [1.807, 2.05) is 6.20 Å². The highest BCUT2D eigenvalue weighted by Gasteiger charge is 2.23. The second kappa shape index (κ2) is 5.35. The first-order valence-electron chi connectivity index (χ1n) is 7.15. The molecule has 0 spiro atoms. The highest BCUT2D eigenvalue weighted by molar-refractivity contribution is 6.03. The van der Waals surface area contributed by atoms with Crippen LogP contribution in [0, 0.1) is 0 Å². The summed E-state index contributed by atoms with van der Waals surface area (Å²) in [5.74, 6) is -0.970. The third kappa shape index (κ3) is 2.71. The van der Waals surface area contributed by atoms with Crippen LogP contribution in [0.3, 0.4) is 0 Å². The molecule has 0 amide bonds. The van der Waals surface area contributed by atoms with Gasteiger partial charge < -0.3 is 9.67 Å². The van der Waals surface area contributed by atoms with Gasteiger partial charge in [0.25, 0.3) is 0 Å². The van der Waals surface area contributed by atoms with Gasteiger partial charge in [-0.1, -0.05) is 27.7 Å². The Kier molecular flexibility index (Phi) is 3.90. The number of aryl methyl sites for hydroxylation is 1. The Morgan fingerprint density at radius 1 is 1.33 bits per heavy atom. The molecule has 1 heterocycles. The van der Waals surface area contributed by atoms with E-state index in [1.165, 1.54) is 0 Å². The molecule has 0 saturated heterocycles. The minimum atomic E-state index is -0.970. The van der Waals surface area contributed by atoms with Gasteiger partial charge in [-0.15, -0.1) is 0 Å². The summed E-state index contributed by atoms with van der Waals surface area (Å²) in [6.07, 6.45) is 3.57. The van der Waals surface area contributed by atoms with Crippen LogP contribution in [-0.4, -0.2) is 21.9 Å². The molecule has 21 heavy (non-hydrogen) atoms. The van der Waals surface area contributed by atoms with Gasteiger partial charge in [0, 0.05) is 23.7 Å². The quantitative estimate of drug-likeness (QED) is 0.869. The zero-order valence-electron chi connectivity index (χ0n) is 12.9. The molecular weight excluding hydrogens is 266 g/mol. The summed E-state index contributed by atoms with van der Waals surface area (Å²) in [5, 5.41) is 10.0. The van der Waals surface area contributed by atoms with E-state index >= 15 is 0 Å². The van der Waals surface area contributed by atoms with Gasteiger partial charge in [-0.25, -0.2) is 4.79 Å². The average Bonchev–Trinajstić information content (AvgIpc) is 2.75. The van der Waals surface area contributed by atoms with E-state index in [1.54, 1.807) is 12.1 Å². The van der Waals surface area contributed by atoms with Crippen LogP contribution in [0.2, 0.25) is 0 Å². The molecule has 112 valence electrons. The van der Waals surface area contributed by atoms with Crippen LogP contribution in [0.25, 0.3) is 10.9 Å². The molecule has 0 fully saturated rings. The van der Waals surface area contributed by atoms with Crippen molar-refractivity contribution in [3.05, 3.63) is 35.0 Å². The lowest BCUT2D eigenvalue weighted by atomic mass is 9.84. The summed E-state index contributed by atoms with van der Waals surface area (Å²) in [6.45, 7) is 9.04. The van der Waals surface area contributed by atoms with Gasteiger partial charge in [-0.2, -0.15) is 0 Å². The van der Waals surface area contributed by atoms with Crippen LogP contribution in [0.15, 0.2) is 18.3 Å². The van der Waals surface area contributed by atoms with E-state index in [-0.39, 0.29) is 11.0 Å². The third-order valence-corrected chi connectivity index (χ3v) is 3.65. The second-order valence-electron chi connectivity index (χ2n) is 6.37. The van der Waals surface area contributed by atoms with Crippen molar-refractivity contribution in [1.29, 1.82) is 0 Å². The van der Waals surface area contributed by atoms with E-state index in [9.17, 15) is 14.7 Å². The number of aromatic carboxylic acids is 1. The Hall–Kier alpha value is -2.10. The molecule has 0 aliphatic rings. The predicted molar refractivity (Wildman–Crippen MR) is 83.3 cm³/mol. The number of carboxylic acid groups (broad SMARTS) is 1. The van der Waals surface area contributed by atoms with Crippen molar-refractivity contribution in [3.8, 4) is 0 Å². The Balaban J connectivity index is 2.92. The predicted octanol–water partition coefficient (Wildman–Crippen LogP) is 3.86. The summed E-state index contributed by atoms with van der Waals surface area (Å²) in [4.78, 5) is 22.7. The monoisotopic (exact) mass is 287 g/mol. The molecule has 0 saturated carbocycles. The van der Waals surface area contributed by atoms with Crippen LogP contribution in [0.4, 0.5) is 0 Å². The molecule has 1 aromatic carbocycles. The maximum absolute atomic E-state index is 11.4. The van der Waals surface area contributed by atoms with Gasteiger partial charge >= 0.3 is 5.97 Å². The lowest BCUT2D eigenvalue weighted by molar-refractivity contribution is 0.0696. The minimum absolute atomic E-state index is 0.201. The van der Waals surface area contributed by atoms with Crippen LogP contribution in [0.1, 0.15) is 60.4 Å². The van der Waals surface area contributed by atoms with Gasteiger partial charge in [-0.3, -0.25) is 4.79 Å². The van der Waals surface area contributed by atoms with E-state index in [4.69, 9.17) is 0 Å². The minimum Gasteiger partial charge on any atom is -0.478 e. The molecule has 2 rings (SSSR count). The van der Waals surface area contributed by atoms with Gasteiger partial charge in [0.1, 0.15) is 0 Å². The first-order valence-corrected chi connectivity index (χ1v) is 7.15. The molecule has 0 radical (unpaired) electrons. The molecule has 2 aromatic rings. The molecule has 0 bridgehead atoms. The SMILES string of the molecule is CCCn1cc(C=O)c2cc(C(=O)O)cc(C(C)(C)C)c21. The Bertz CT molecular complexity index is 705. The third-order valence-electron chi connectivity index (χ3n) is 3.65. The fraction of sp³-hybridized carbons (Fsp3) is 0.412. The van der Waals surface area contributed by atoms with Crippen molar-refractivity contribution < 1.29 is 14.7 Å². The highest BCUT2D eigenvalue weighted by atomic mass is 16.4. The van der Waals surface area contributed by atoms with E-state index in [0.717, 1.165) is 35.7 Å². The zero-order valence-corrected chi connectivity index (χ0v) is 12.9. The van der Waals surface area contributed by atoms with Crippen molar-refractivity contribution in [2.75, 3.05) is 0 Å². The standard InChI is InChI=1S/C17H21NO3/c1-5-6-18-9-12(10-19)13-7-11(16(20)21)8-14(15(13)18)17(2,3)4/h7-10H,5-6H2,1-4H3,(H,20,21). The molecule has 0 unspecified atom stereocenters. The van der Waals surface area contributed by atoms with Crippen molar-refractivity contribution in [1.82, 2.24) is 4.57 Å². The molecule has 4 nitrogen and oxygen atoms in total. The number of nitrogens with zero attached hydrogens (tertiary/aromatic N) is 1. The number of aldehydes is 1. The Morgan fingerprint density at radius 3 is 2.48 bits per heavy atom. The van der Waals surface area contributed by atoms with Crippen molar-refractivity contribution in [2.24, 2.45) is 0 Å². The topological polar surface area (TPSA) is 59.3 Å². The number of carbonyl (C=O) groups excluding carboxylic acids is 1. The maximum Gasteiger partial charge on any atom is 0.335 e. The second-order valence-corrected chi connectivity index (χ2v) is 6.37. The number of rotatable bonds is 4. The lowest BCUT2D eigenvalue weighted by Gasteiger charge is -2.22. The smallest absolute Gasteiger partial charge is 0.335 e. The van der Waals surface area contributed by atoms with Crippen molar-refractivity contribution in [3.63, 3.8) is 0 Å². The highest BCUT2D eigenvalue weighted by Crippen LogP contribution is 2.34. The van der Waals surface area contributed by atoms with E-state index in [2.05, 4.69) is 32.3 Å². The zero-order chi connectivity index (χ0) is 15.8. The first kappa shape index (κ1) is 15.3. The van der Waals surface area contributed by atoms with Crippen molar-refractivity contribution in [2.45, 2.75) is 46.1 Å².